The number of rotatable bonds is 0. The summed E-state index contributed by atoms with van der Waals surface area (Å²) in [5, 5.41) is 0. The van der Waals surface area contributed by atoms with Crippen LogP contribution in [0, 0.1) is 0 Å². The highest BCUT2D eigenvalue weighted by atomic mass is 35.5. The highest BCUT2D eigenvalue weighted by Crippen LogP contribution is 1.95. The molecule has 1 heterocycles. The highest BCUT2D eigenvalue weighted by Gasteiger charge is 1.94. The number of halogens is 2. The maximum Gasteiger partial charge on any atom is 0.105 e. The molecular weight excluding hydrogens is 135 g/mol. The predicted molar refractivity (Wildman–Crippen MR) is 32.0 cm³/mol. The molecule has 0 aromatic rings. The second-order valence-electron chi connectivity index (χ2n) is 1.13. The Balaban J connectivity index is 0.000000105. The molecule has 0 aliphatic carbocycles. The Morgan fingerprint density at radius 1 is 1.43 bits per heavy atom. The number of epoxide rings is 1. The molecule has 1 rings (SSSR count). The summed E-state index contributed by atoms with van der Waals surface area (Å²) < 4.78 is 4.50. The van der Waals surface area contributed by atoms with E-state index in [-0.39, 0.29) is 4.84 Å². The molecule has 0 saturated carbocycles. The van der Waals surface area contributed by atoms with E-state index in [1.54, 1.807) is 6.92 Å². The van der Waals surface area contributed by atoms with Gasteiger partial charge >= 0.3 is 0 Å². The van der Waals surface area contributed by atoms with Gasteiger partial charge in [-0.25, -0.2) is 0 Å². The zero-order chi connectivity index (χ0) is 5.70. The molecule has 0 amide bonds. The molecule has 0 unspecified atom stereocenters. The third-order valence-corrected chi connectivity index (χ3v) is 0.204. The van der Waals surface area contributed by atoms with Crippen molar-refractivity contribution in [3.8, 4) is 0 Å². The maximum absolute atomic E-state index is 5.04. The smallest absolute Gasteiger partial charge is 0.105 e. The minimum atomic E-state index is -0.222. The van der Waals surface area contributed by atoms with Crippen LogP contribution in [0.4, 0.5) is 0 Å². The molecule has 1 nitrogen and oxygen atoms in total. The molecule has 0 spiro atoms. The third kappa shape index (κ3) is 56.8. The lowest BCUT2D eigenvalue weighted by atomic mass is 11.0. The van der Waals surface area contributed by atoms with Gasteiger partial charge in [0.1, 0.15) is 4.84 Å². The molecular formula is C4H8Cl2O. The first-order valence-corrected chi connectivity index (χ1v) is 2.96. The van der Waals surface area contributed by atoms with Crippen LogP contribution in [-0.2, 0) is 4.74 Å². The maximum atomic E-state index is 5.04. The molecule has 1 saturated heterocycles. The first-order valence-electron chi connectivity index (χ1n) is 2.09. The minimum Gasteiger partial charge on any atom is -0.377 e. The Bertz CT molecular complexity index is 31.2. The van der Waals surface area contributed by atoms with Gasteiger partial charge in [0.25, 0.3) is 0 Å². The molecule has 0 N–H and O–H groups in total. The van der Waals surface area contributed by atoms with E-state index in [4.69, 9.17) is 23.2 Å². The molecule has 1 aliphatic heterocycles. The number of hydrogen-bond acceptors (Lipinski definition) is 1. The monoisotopic (exact) mass is 142 g/mol. The van der Waals surface area contributed by atoms with Gasteiger partial charge in [0.2, 0.25) is 0 Å². The number of ether oxygens (including phenoxy) is 1. The van der Waals surface area contributed by atoms with Crippen LogP contribution in [0.1, 0.15) is 6.92 Å². The number of hydrogen-bond donors (Lipinski definition) is 0. The van der Waals surface area contributed by atoms with Crippen LogP contribution in [0.15, 0.2) is 0 Å². The van der Waals surface area contributed by atoms with Crippen molar-refractivity contribution >= 4 is 23.2 Å². The molecule has 3 heteroatoms. The third-order valence-electron chi connectivity index (χ3n) is 0.204. The molecule has 0 radical (unpaired) electrons. The fourth-order valence-electron chi connectivity index (χ4n) is 0. The van der Waals surface area contributed by atoms with E-state index in [2.05, 4.69) is 4.74 Å². The predicted octanol–water partition coefficient (Wildman–Crippen LogP) is 1.83. The van der Waals surface area contributed by atoms with Crippen molar-refractivity contribution in [1.82, 2.24) is 0 Å². The first-order chi connectivity index (χ1) is 3.23. The lowest BCUT2D eigenvalue weighted by Gasteiger charge is -1.72. The fraction of sp³-hybridized carbons (Fsp3) is 1.00. The zero-order valence-corrected chi connectivity index (χ0v) is 5.67. The molecule has 7 heavy (non-hydrogen) atoms. The van der Waals surface area contributed by atoms with Crippen molar-refractivity contribution in [2.45, 2.75) is 11.8 Å². The first kappa shape index (κ1) is 7.54. The largest absolute Gasteiger partial charge is 0.377 e. The lowest BCUT2D eigenvalue weighted by Crippen LogP contribution is -1.63. The lowest BCUT2D eigenvalue weighted by molar-refractivity contribution is 0.475. The van der Waals surface area contributed by atoms with Gasteiger partial charge in [0.15, 0.2) is 0 Å². The molecule has 0 atom stereocenters. The summed E-state index contributed by atoms with van der Waals surface area (Å²) >= 11 is 10.1. The summed E-state index contributed by atoms with van der Waals surface area (Å²) in [5.41, 5.74) is 0. The van der Waals surface area contributed by atoms with Crippen molar-refractivity contribution < 1.29 is 4.74 Å². The summed E-state index contributed by atoms with van der Waals surface area (Å²) in [6, 6.07) is 0. The molecule has 1 aliphatic rings. The Labute approximate surface area is 53.6 Å². The Hall–Kier alpha value is 0.540. The van der Waals surface area contributed by atoms with E-state index in [9.17, 15) is 0 Å². The second kappa shape index (κ2) is 4.69. The SMILES string of the molecule is C1CO1.CC(Cl)Cl. The Morgan fingerprint density at radius 3 is 1.57 bits per heavy atom. The summed E-state index contributed by atoms with van der Waals surface area (Å²) in [7, 11) is 0. The Kier molecular flexibility index (Phi) is 5.05. The summed E-state index contributed by atoms with van der Waals surface area (Å²) in [6.07, 6.45) is 0. The van der Waals surface area contributed by atoms with Crippen LogP contribution in [0.2, 0.25) is 0 Å². The van der Waals surface area contributed by atoms with Gasteiger partial charge in [-0.05, 0) is 6.92 Å². The van der Waals surface area contributed by atoms with Gasteiger partial charge in [-0.2, -0.15) is 0 Å². The quantitative estimate of drug-likeness (QED) is 0.372. The van der Waals surface area contributed by atoms with Crippen molar-refractivity contribution in [2.75, 3.05) is 13.2 Å². The van der Waals surface area contributed by atoms with Gasteiger partial charge in [-0.1, -0.05) is 0 Å². The van der Waals surface area contributed by atoms with Crippen LogP contribution in [-0.4, -0.2) is 18.1 Å². The van der Waals surface area contributed by atoms with Gasteiger partial charge in [-0.3, -0.25) is 0 Å². The molecule has 0 bridgehead atoms. The fourth-order valence-corrected chi connectivity index (χ4v) is 0. The van der Waals surface area contributed by atoms with Gasteiger partial charge in [0, 0.05) is 0 Å². The van der Waals surface area contributed by atoms with Crippen LogP contribution in [0.25, 0.3) is 0 Å². The van der Waals surface area contributed by atoms with E-state index < -0.39 is 0 Å². The van der Waals surface area contributed by atoms with Gasteiger partial charge in [0.05, 0.1) is 13.2 Å². The summed E-state index contributed by atoms with van der Waals surface area (Å²) in [4.78, 5) is -0.222. The van der Waals surface area contributed by atoms with Crippen molar-refractivity contribution in [3.05, 3.63) is 0 Å². The van der Waals surface area contributed by atoms with Crippen LogP contribution >= 0.6 is 23.2 Å². The van der Waals surface area contributed by atoms with Crippen molar-refractivity contribution in [1.29, 1.82) is 0 Å². The van der Waals surface area contributed by atoms with E-state index in [0.29, 0.717) is 0 Å². The summed E-state index contributed by atoms with van der Waals surface area (Å²) in [5.74, 6) is 0. The van der Waals surface area contributed by atoms with E-state index >= 15 is 0 Å². The molecule has 1 fully saturated rings. The molecule has 44 valence electrons. The average molecular weight is 143 g/mol. The van der Waals surface area contributed by atoms with Crippen LogP contribution in [0.3, 0.4) is 0 Å². The van der Waals surface area contributed by atoms with Crippen LogP contribution < -0.4 is 0 Å². The van der Waals surface area contributed by atoms with Crippen LogP contribution in [0.5, 0.6) is 0 Å². The highest BCUT2D eigenvalue weighted by molar-refractivity contribution is 6.43. The van der Waals surface area contributed by atoms with E-state index in [1.165, 1.54) is 0 Å². The van der Waals surface area contributed by atoms with Crippen molar-refractivity contribution in [2.24, 2.45) is 0 Å². The molecule has 0 aromatic heterocycles. The average Bonchev–Trinajstić information content (AvgIpc) is 2.02. The normalized spacial score (nSPS) is 15.4. The van der Waals surface area contributed by atoms with E-state index in [1.807, 2.05) is 0 Å². The summed E-state index contributed by atoms with van der Waals surface area (Å²) in [6.45, 7) is 3.70. The second-order valence-corrected chi connectivity index (χ2v) is 2.66. The topological polar surface area (TPSA) is 12.5 Å². The molecule has 0 aromatic carbocycles. The number of alkyl halides is 2. The standard InChI is InChI=1S/C2H4Cl2.C2H4O/c1-2(3)4;1-2-3-1/h2H,1H3;1-2H2. The zero-order valence-electron chi connectivity index (χ0n) is 4.16. The van der Waals surface area contributed by atoms with E-state index in [0.717, 1.165) is 13.2 Å². The minimum absolute atomic E-state index is 0.222. The Morgan fingerprint density at radius 2 is 1.57 bits per heavy atom. The van der Waals surface area contributed by atoms with Gasteiger partial charge in [-0.15, -0.1) is 23.2 Å². The van der Waals surface area contributed by atoms with Crippen molar-refractivity contribution in [3.63, 3.8) is 0 Å². The van der Waals surface area contributed by atoms with Gasteiger partial charge < -0.3 is 4.74 Å².